The molecule has 0 aliphatic carbocycles. The lowest BCUT2D eigenvalue weighted by Gasteiger charge is -2.21. The Morgan fingerprint density at radius 2 is 2.07 bits per heavy atom. The van der Waals surface area contributed by atoms with E-state index in [2.05, 4.69) is 25.7 Å². The summed E-state index contributed by atoms with van der Waals surface area (Å²) in [6, 6.07) is 0. The van der Waals surface area contributed by atoms with Crippen molar-refractivity contribution in [2.24, 2.45) is 5.41 Å². The lowest BCUT2D eigenvalue weighted by Crippen LogP contribution is -2.22. The van der Waals surface area contributed by atoms with E-state index in [4.69, 9.17) is 4.74 Å². The van der Waals surface area contributed by atoms with E-state index in [9.17, 15) is 4.79 Å². The van der Waals surface area contributed by atoms with E-state index < -0.39 is 0 Å². The summed E-state index contributed by atoms with van der Waals surface area (Å²) in [7, 11) is 0. The fourth-order valence-corrected chi connectivity index (χ4v) is 0.994. The standard InChI is InChI=1S/C11H21NO2/c1-4-11(2,3)9-14-10(13)5-6-12-7-8-12/h4-9H2,1-3H3. The summed E-state index contributed by atoms with van der Waals surface area (Å²) < 4.78 is 5.21. The molecule has 82 valence electrons. The minimum absolute atomic E-state index is 0.0570. The van der Waals surface area contributed by atoms with Gasteiger partial charge in [-0.25, -0.2) is 0 Å². The fraction of sp³-hybridized carbons (Fsp3) is 0.909. The highest BCUT2D eigenvalue weighted by molar-refractivity contribution is 5.69. The number of esters is 1. The Morgan fingerprint density at radius 1 is 1.43 bits per heavy atom. The molecule has 1 heterocycles. The van der Waals surface area contributed by atoms with Crippen molar-refractivity contribution in [1.29, 1.82) is 0 Å². The number of nitrogens with zero attached hydrogens (tertiary/aromatic N) is 1. The van der Waals surface area contributed by atoms with Gasteiger partial charge in [0.1, 0.15) is 0 Å². The van der Waals surface area contributed by atoms with Gasteiger partial charge in [-0.05, 0) is 11.8 Å². The van der Waals surface area contributed by atoms with Gasteiger partial charge in [0, 0.05) is 19.6 Å². The molecule has 0 aromatic carbocycles. The second kappa shape index (κ2) is 4.78. The molecule has 0 N–H and O–H groups in total. The first kappa shape index (κ1) is 11.5. The Balaban J connectivity index is 2.07. The van der Waals surface area contributed by atoms with Crippen LogP contribution in [0.25, 0.3) is 0 Å². The van der Waals surface area contributed by atoms with Crippen LogP contribution < -0.4 is 0 Å². The molecule has 0 bridgehead atoms. The molecule has 1 aliphatic rings. The highest BCUT2D eigenvalue weighted by atomic mass is 16.5. The van der Waals surface area contributed by atoms with E-state index in [1.807, 2.05) is 0 Å². The van der Waals surface area contributed by atoms with E-state index in [0.29, 0.717) is 13.0 Å². The lowest BCUT2D eigenvalue weighted by atomic mass is 9.92. The van der Waals surface area contributed by atoms with Crippen molar-refractivity contribution < 1.29 is 9.53 Å². The fourth-order valence-electron chi connectivity index (χ4n) is 0.994. The first-order valence-electron chi connectivity index (χ1n) is 5.41. The summed E-state index contributed by atoms with van der Waals surface area (Å²) in [5, 5.41) is 0. The highest BCUT2D eigenvalue weighted by Crippen LogP contribution is 2.19. The summed E-state index contributed by atoms with van der Waals surface area (Å²) in [6.07, 6.45) is 1.58. The van der Waals surface area contributed by atoms with Crippen LogP contribution in [0.2, 0.25) is 0 Å². The van der Waals surface area contributed by atoms with Crippen LogP contribution >= 0.6 is 0 Å². The van der Waals surface area contributed by atoms with E-state index >= 15 is 0 Å². The molecular formula is C11H21NO2. The Hall–Kier alpha value is -0.570. The summed E-state index contributed by atoms with van der Waals surface area (Å²) in [5.41, 5.74) is 0.121. The minimum atomic E-state index is -0.0570. The second-order valence-electron chi connectivity index (χ2n) is 4.77. The average Bonchev–Trinajstić information content (AvgIpc) is 2.95. The molecule has 3 nitrogen and oxygen atoms in total. The van der Waals surface area contributed by atoms with Gasteiger partial charge in [0.2, 0.25) is 0 Å². The van der Waals surface area contributed by atoms with Gasteiger partial charge in [0.25, 0.3) is 0 Å². The van der Waals surface area contributed by atoms with Crippen LogP contribution in [-0.2, 0) is 9.53 Å². The molecule has 1 saturated heterocycles. The summed E-state index contributed by atoms with van der Waals surface area (Å²) >= 11 is 0. The van der Waals surface area contributed by atoms with Gasteiger partial charge in [-0.15, -0.1) is 0 Å². The first-order valence-corrected chi connectivity index (χ1v) is 5.41. The zero-order chi connectivity index (χ0) is 10.6. The molecule has 1 fully saturated rings. The van der Waals surface area contributed by atoms with E-state index in [1.54, 1.807) is 0 Å². The Labute approximate surface area is 86.4 Å². The van der Waals surface area contributed by atoms with Crippen LogP contribution in [0.3, 0.4) is 0 Å². The Morgan fingerprint density at radius 3 is 2.57 bits per heavy atom. The van der Waals surface area contributed by atoms with E-state index in [1.165, 1.54) is 0 Å². The third-order valence-electron chi connectivity index (χ3n) is 2.75. The van der Waals surface area contributed by atoms with Gasteiger partial charge in [0.15, 0.2) is 0 Å². The van der Waals surface area contributed by atoms with Gasteiger partial charge < -0.3 is 9.64 Å². The van der Waals surface area contributed by atoms with Gasteiger partial charge in [-0.3, -0.25) is 4.79 Å². The molecule has 1 aliphatic heterocycles. The number of carbonyl (C=O) groups is 1. The number of ether oxygens (including phenoxy) is 1. The normalized spacial score (nSPS) is 16.8. The average molecular weight is 199 g/mol. The Kier molecular flexibility index (Phi) is 3.93. The summed E-state index contributed by atoms with van der Waals surface area (Å²) in [6.45, 7) is 10.0. The maximum atomic E-state index is 11.3. The van der Waals surface area contributed by atoms with E-state index in [0.717, 1.165) is 26.1 Å². The molecule has 3 heteroatoms. The molecule has 1 rings (SSSR count). The number of hydrogen-bond donors (Lipinski definition) is 0. The van der Waals surface area contributed by atoms with Crippen LogP contribution in [0.1, 0.15) is 33.6 Å². The third kappa shape index (κ3) is 4.61. The molecule has 0 aromatic heterocycles. The summed E-state index contributed by atoms with van der Waals surface area (Å²) in [4.78, 5) is 13.5. The monoisotopic (exact) mass is 199 g/mol. The lowest BCUT2D eigenvalue weighted by molar-refractivity contribution is -0.146. The molecular weight excluding hydrogens is 178 g/mol. The number of hydrogen-bond acceptors (Lipinski definition) is 3. The van der Waals surface area contributed by atoms with Crippen LogP contribution in [-0.4, -0.2) is 37.1 Å². The van der Waals surface area contributed by atoms with Crippen molar-refractivity contribution >= 4 is 5.97 Å². The Bertz CT molecular complexity index is 197. The molecule has 0 spiro atoms. The largest absolute Gasteiger partial charge is 0.465 e. The molecule has 0 amide bonds. The molecule has 0 radical (unpaired) electrons. The quantitative estimate of drug-likeness (QED) is 0.481. The smallest absolute Gasteiger partial charge is 0.307 e. The topological polar surface area (TPSA) is 29.3 Å². The zero-order valence-electron chi connectivity index (χ0n) is 9.51. The van der Waals surface area contributed by atoms with Crippen molar-refractivity contribution in [3.05, 3.63) is 0 Å². The van der Waals surface area contributed by atoms with Crippen molar-refractivity contribution in [3.63, 3.8) is 0 Å². The van der Waals surface area contributed by atoms with Gasteiger partial charge in [-0.2, -0.15) is 0 Å². The summed E-state index contributed by atoms with van der Waals surface area (Å²) in [5.74, 6) is -0.0570. The second-order valence-corrected chi connectivity index (χ2v) is 4.77. The molecule has 0 aromatic rings. The van der Waals surface area contributed by atoms with Crippen molar-refractivity contribution in [3.8, 4) is 0 Å². The van der Waals surface area contributed by atoms with E-state index in [-0.39, 0.29) is 11.4 Å². The van der Waals surface area contributed by atoms with Gasteiger partial charge >= 0.3 is 5.97 Å². The first-order chi connectivity index (χ1) is 6.53. The van der Waals surface area contributed by atoms with Crippen LogP contribution in [0, 0.1) is 5.41 Å². The van der Waals surface area contributed by atoms with Gasteiger partial charge in [-0.1, -0.05) is 20.8 Å². The number of carbonyl (C=O) groups excluding carboxylic acids is 1. The third-order valence-corrected chi connectivity index (χ3v) is 2.75. The van der Waals surface area contributed by atoms with Crippen molar-refractivity contribution in [1.82, 2.24) is 4.90 Å². The van der Waals surface area contributed by atoms with Crippen LogP contribution in [0.4, 0.5) is 0 Å². The maximum absolute atomic E-state index is 11.3. The zero-order valence-corrected chi connectivity index (χ0v) is 9.51. The molecule has 0 unspecified atom stereocenters. The minimum Gasteiger partial charge on any atom is -0.465 e. The molecule has 14 heavy (non-hydrogen) atoms. The number of rotatable bonds is 6. The SMILES string of the molecule is CCC(C)(C)COC(=O)CCN1CC1. The highest BCUT2D eigenvalue weighted by Gasteiger charge is 2.20. The van der Waals surface area contributed by atoms with Crippen molar-refractivity contribution in [2.45, 2.75) is 33.6 Å². The van der Waals surface area contributed by atoms with Gasteiger partial charge in [0.05, 0.1) is 13.0 Å². The maximum Gasteiger partial charge on any atom is 0.307 e. The molecule has 0 saturated carbocycles. The molecule has 0 atom stereocenters. The van der Waals surface area contributed by atoms with Crippen LogP contribution in [0.5, 0.6) is 0 Å². The predicted octanol–water partition coefficient (Wildman–Crippen LogP) is 1.67. The van der Waals surface area contributed by atoms with Crippen LogP contribution in [0.15, 0.2) is 0 Å². The van der Waals surface area contributed by atoms with Crippen molar-refractivity contribution in [2.75, 3.05) is 26.2 Å². The predicted molar refractivity (Wildman–Crippen MR) is 56.1 cm³/mol.